The van der Waals surface area contributed by atoms with Gasteiger partial charge in [0.2, 0.25) is 5.95 Å². The summed E-state index contributed by atoms with van der Waals surface area (Å²) in [7, 11) is 1.59. The fourth-order valence-corrected chi connectivity index (χ4v) is 1.88. The summed E-state index contributed by atoms with van der Waals surface area (Å²) in [5.74, 6) is 0.191. The van der Waals surface area contributed by atoms with Crippen LogP contribution >= 0.6 is 0 Å². The molecule has 0 saturated carbocycles. The van der Waals surface area contributed by atoms with Crippen molar-refractivity contribution in [1.82, 2.24) is 14.6 Å². The molecule has 5 heteroatoms. The number of pyridine rings is 2. The average Bonchev–Trinajstić information content (AvgIpc) is 2.86. The van der Waals surface area contributed by atoms with Gasteiger partial charge in [0.05, 0.1) is 25.0 Å². The topological polar surface area (TPSA) is 39.4 Å². The van der Waals surface area contributed by atoms with Gasteiger partial charge in [-0.1, -0.05) is 0 Å². The van der Waals surface area contributed by atoms with E-state index >= 15 is 0 Å². The number of aromatic nitrogens is 3. The molecule has 90 valence electrons. The number of rotatable bonds is 2. The number of fused-ring (bicyclic) bond motifs is 1. The molecule has 0 saturated heterocycles. The van der Waals surface area contributed by atoms with Crippen molar-refractivity contribution in [2.24, 2.45) is 0 Å². The van der Waals surface area contributed by atoms with E-state index < -0.39 is 5.95 Å². The Morgan fingerprint density at radius 1 is 1.28 bits per heavy atom. The van der Waals surface area contributed by atoms with Gasteiger partial charge in [0.25, 0.3) is 0 Å². The summed E-state index contributed by atoms with van der Waals surface area (Å²) < 4.78 is 19.8. The Hall–Kier alpha value is -2.43. The monoisotopic (exact) mass is 243 g/mol. The van der Waals surface area contributed by atoms with Gasteiger partial charge in [-0.3, -0.25) is 0 Å². The number of methoxy groups -OCH3 is 1. The van der Waals surface area contributed by atoms with E-state index in [9.17, 15) is 4.39 Å². The van der Waals surface area contributed by atoms with Crippen molar-refractivity contribution in [3.63, 3.8) is 0 Å². The Kier molecular flexibility index (Phi) is 2.44. The third-order valence-electron chi connectivity index (χ3n) is 2.76. The third-order valence-corrected chi connectivity index (χ3v) is 2.76. The molecule has 0 aliphatic rings. The van der Waals surface area contributed by atoms with Gasteiger partial charge < -0.3 is 4.74 Å². The molecule has 0 spiro atoms. The zero-order valence-electron chi connectivity index (χ0n) is 9.67. The van der Waals surface area contributed by atoms with Crippen LogP contribution in [0.3, 0.4) is 0 Å². The molecule has 0 N–H and O–H groups in total. The molecule has 0 aliphatic heterocycles. The van der Waals surface area contributed by atoms with Gasteiger partial charge in [-0.25, -0.2) is 9.50 Å². The highest BCUT2D eigenvalue weighted by atomic mass is 19.1. The minimum atomic E-state index is -0.494. The van der Waals surface area contributed by atoms with E-state index in [4.69, 9.17) is 4.74 Å². The largest absolute Gasteiger partial charge is 0.495 e. The number of ether oxygens (including phenoxy) is 1. The van der Waals surface area contributed by atoms with E-state index in [0.29, 0.717) is 5.75 Å². The van der Waals surface area contributed by atoms with Gasteiger partial charge in [-0.05, 0) is 24.3 Å². The summed E-state index contributed by atoms with van der Waals surface area (Å²) in [6, 6.07) is 6.79. The molecule has 4 nitrogen and oxygen atoms in total. The summed E-state index contributed by atoms with van der Waals surface area (Å²) in [6.45, 7) is 0. The molecule has 3 aromatic heterocycles. The summed E-state index contributed by atoms with van der Waals surface area (Å²) in [6.07, 6.45) is 4.99. The maximum absolute atomic E-state index is 12.8. The van der Waals surface area contributed by atoms with Crippen LogP contribution in [-0.4, -0.2) is 21.7 Å². The molecule has 3 rings (SSSR count). The van der Waals surface area contributed by atoms with E-state index in [1.165, 1.54) is 12.3 Å². The first kappa shape index (κ1) is 10.7. The number of nitrogens with zero attached hydrogens (tertiary/aromatic N) is 3. The van der Waals surface area contributed by atoms with Crippen molar-refractivity contribution in [3.8, 4) is 16.9 Å². The summed E-state index contributed by atoms with van der Waals surface area (Å²) >= 11 is 0. The van der Waals surface area contributed by atoms with Crippen LogP contribution in [0.25, 0.3) is 16.6 Å². The highest BCUT2D eigenvalue weighted by molar-refractivity contribution is 5.80. The third kappa shape index (κ3) is 1.69. The van der Waals surface area contributed by atoms with Gasteiger partial charge in [0.1, 0.15) is 5.75 Å². The lowest BCUT2D eigenvalue weighted by molar-refractivity contribution is 0.412. The Morgan fingerprint density at radius 3 is 2.89 bits per heavy atom. The number of hydrogen-bond donors (Lipinski definition) is 0. The van der Waals surface area contributed by atoms with Crippen molar-refractivity contribution < 1.29 is 9.13 Å². The maximum atomic E-state index is 12.8. The van der Waals surface area contributed by atoms with Crippen molar-refractivity contribution in [3.05, 3.63) is 48.8 Å². The minimum absolute atomic E-state index is 0.494. The highest BCUT2D eigenvalue weighted by Gasteiger charge is 2.08. The Morgan fingerprint density at radius 2 is 2.17 bits per heavy atom. The molecule has 3 aromatic rings. The molecule has 18 heavy (non-hydrogen) atoms. The summed E-state index contributed by atoms with van der Waals surface area (Å²) in [5, 5.41) is 4.17. The standard InChI is InChI=1S/C13H10FN3O/c1-18-10-6-11(9-2-3-13(14)15-7-9)12-4-5-16-17(12)8-10/h2-8H,1H3. The molecular formula is C13H10FN3O. The minimum Gasteiger partial charge on any atom is -0.495 e. The second-order valence-corrected chi connectivity index (χ2v) is 3.82. The fraction of sp³-hybridized carbons (Fsp3) is 0.0769. The average molecular weight is 243 g/mol. The van der Waals surface area contributed by atoms with E-state index in [0.717, 1.165) is 16.6 Å². The van der Waals surface area contributed by atoms with Crippen LogP contribution in [0.2, 0.25) is 0 Å². The lowest BCUT2D eigenvalue weighted by atomic mass is 10.1. The predicted molar refractivity (Wildman–Crippen MR) is 64.9 cm³/mol. The van der Waals surface area contributed by atoms with Crippen LogP contribution in [0.1, 0.15) is 0 Å². The molecule has 0 unspecified atom stereocenters. The molecule has 0 fully saturated rings. The predicted octanol–water partition coefficient (Wildman–Crippen LogP) is 2.54. The second-order valence-electron chi connectivity index (χ2n) is 3.82. The maximum Gasteiger partial charge on any atom is 0.212 e. The van der Waals surface area contributed by atoms with Crippen molar-refractivity contribution in [1.29, 1.82) is 0 Å². The second kappa shape index (κ2) is 4.10. The van der Waals surface area contributed by atoms with Crippen molar-refractivity contribution in [2.45, 2.75) is 0 Å². The Balaban J connectivity index is 2.26. The Labute approximate surface area is 103 Å². The van der Waals surface area contributed by atoms with Crippen LogP contribution in [-0.2, 0) is 0 Å². The van der Waals surface area contributed by atoms with Crippen LogP contribution < -0.4 is 4.74 Å². The zero-order chi connectivity index (χ0) is 12.5. The number of hydrogen-bond acceptors (Lipinski definition) is 3. The molecule has 0 aliphatic carbocycles. The Bertz CT molecular complexity index is 691. The van der Waals surface area contributed by atoms with Gasteiger partial charge in [-0.2, -0.15) is 9.49 Å². The fourth-order valence-electron chi connectivity index (χ4n) is 1.88. The first-order valence-electron chi connectivity index (χ1n) is 5.41. The van der Waals surface area contributed by atoms with Crippen molar-refractivity contribution >= 4 is 5.52 Å². The zero-order valence-corrected chi connectivity index (χ0v) is 9.67. The molecule has 3 heterocycles. The smallest absolute Gasteiger partial charge is 0.212 e. The van der Waals surface area contributed by atoms with Gasteiger partial charge in [0, 0.05) is 17.3 Å². The number of halogens is 1. The molecule has 0 atom stereocenters. The molecule has 0 aromatic carbocycles. The molecule has 0 bridgehead atoms. The molecular weight excluding hydrogens is 233 g/mol. The first-order valence-corrected chi connectivity index (χ1v) is 5.41. The van der Waals surface area contributed by atoms with E-state index in [1.807, 2.05) is 12.1 Å². The SMILES string of the molecule is COc1cc(-c2ccc(F)nc2)c2ccnn2c1. The van der Waals surface area contributed by atoms with Gasteiger partial charge in [0.15, 0.2) is 0 Å². The van der Waals surface area contributed by atoms with Crippen LogP contribution in [0.5, 0.6) is 5.75 Å². The van der Waals surface area contributed by atoms with Crippen LogP contribution in [0.15, 0.2) is 42.9 Å². The normalized spacial score (nSPS) is 10.8. The van der Waals surface area contributed by atoms with E-state index in [1.54, 1.807) is 30.1 Å². The quantitative estimate of drug-likeness (QED) is 0.649. The summed E-state index contributed by atoms with van der Waals surface area (Å²) in [4.78, 5) is 3.67. The molecule has 0 amide bonds. The van der Waals surface area contributed by atoms with E-state index in [-0.39, 0.29) is 0 Å². The lowest BCUT2D eigenvalue weighted by Gasteiger charge is -2.07. The lowest BCUT2D eigenvalue weighted by Crippen LogP contribution is -1.93. The molecule has 0 radical (unpaired) electrons. The van der Waals surface area contributed by atoms with Gasteiger partial charge in [-0.15, -0.1) is 0 Å². The van der Waals surface area contributed by atoms with Crippen LogP contribution in [0, 0.1) is 5.95 Å². The first-order chi connectivity index (χ1) is 8.78. The van der Waals surface area contributed by atoms with Crippen molar-refractivity contribution in [2.75, 3.05) is 7.11 Å². The highest BCUT2D eigenvalue weighted by Crippen LogP contribution is 2.28. The van der Waals surface area contributed by atoms with E-state index in [2.05, 4.69) is 10.1 Å². The summed E-state index contributed by atoms with van der Waals surface area (Å²) in [5.41, 5.74) is 2.64. The van der Waals surface area contributed by atoms with Gasteiger partial charge >= 0.3 is 0 Å². The van der Waals surface area contributed by atoms with Crippen LogP contribution in [0.4, 0.5) is 4.39 Å².